The maximum atomic E-state index is 14.4. The Morgan fingerprint density at radius 1 is 0.690 bits per heavy atom. The highest BCUT2D eigenvalue weighted by Crippen LogP contribution is 2.22. The fraction of sp³-hybridized carbons (Fsp3) is 0.556. The Morgan fingerprint density at radius 3 is 1.79 bits per heavy atom. The highest BCUT2D eigenvalue weighted by molar-refractivity contribution is 5.99. The summed E-state index contributed by atoms with van der Waals surface area (Å²) in [4.78, 5) is 158. The predicted molar refractivity (Wildman–Crippen MR) is 246 cm³/mol. The van der Waals surface area contributed by atoms with Gasteiger partial charge in [0.15, 0.2) is 0 Å². The molecule has 12 N–H and O–H groups in total. The summed E-state index contributed by atoms with van der Waals surface area (Å²) in [5.74, 6) is -10.8. The molecule has 4 heterocycles. The van der Waals surface area contributed by atoms with Crippen molar-refractivity contribution >= 4 is 65.0 Å². The van der Waals surface area contributed by atoms with E-state index in [1.54, 1.807) is 13.8 Å². The number of imidazole rings is 1. The lowest BCUT2D eigenvalue weighted by Gasteiger charge is -2.30. The largest absolute Gasteiger partial charge is 0.508 e. The number of fused-ring (bicyclic) bond motifs is 2. The number of aliphatic hydroxyl groups is 1. The van der Waals surface area contributed by atoms with Gasteiger partial charge < -0.3 is 72.6 Å². The minimum atomic E-state index is -1.88. The van der Waals surface area contributed by atoms with Gasteiger partial charge in [0.2, 0.25) is 59.1 Å². The van der Waals surface area contributed by atoms with Crippen LogP contribution in [-0.4, -0.2) is 181 Å². The Balaban J connectivity index is 1.45. The van der Waals surface area contributed by atoms with E-state index < -0.39 is 145 Å². The van der Waals surface area contributed by atoms with E-state index in [1.807, 2.05) is 0 Å². The zero-order valence-electron chi connectivity index (χ0n) is 39.5. The molecule has 3 aliphatic heterocycles. The number of aliphatic carboxylic acids is 1. The van der Waals surface area contributed by atoms with E-state index in [-0.39, 0.29) is 44.5 Å². The number of carbonyl (C=O) groups is 11. The minimum absolute atomic E-state index is 0.00708. The van der Waals surface area contributed by atoms with Crippen molar-refractivity contribution in [2.24, 2.45) is 5.92 Å². The van der Waals surface area contributed by atoms with Gasteiger partial charge in [0.05, 0.1) is 32.4 Å². The number of phenols is 1. The van der Waals surface area contributed by atoms with Crippen LogP contribution in [0.15, 0.2) is 36.8 Å². The monoisotopic (exact) mass is 994 g/mol. The lowest BCUT2D eigenvalue weighted by molar-refractivity contribution is -0.144. The van der Waals surface area contributed by atoms with Gasteiger partial charge in [0.25, 0.3) is 0 Å². The van der Waals surface area contributed by atoms with Crippen molar-refractivity contribution in [1.29, 1.82) is 0 Å². The third-order valence-electron chi connectivity index (χ3n) is 12.5. The van der Waals surface area contributed by atoms with E-state index in [0.717, 1.165) is 4.90 Å². The summed E-state index contributed by atoms with van der Waals surface area (Å²) in [5.41, 5.74) is 0.840. The Bertz CT molecular complexity index is 2300. The number of carboxylic acid groups (broad SMARTS) is 1. The normalized spacial score (nSPS) is 26.8. The molecule has 10 amide bonds. The van der Waals surface area contributed by atoms with Gasteiger partial charge in [-0.1, -0.05) is 32.4 Å². The molecule has 0 bridgehead atoms. The number of nitrogens with one attached hydrogen (secondary N) is 9. The molecule has 0 unspecified atom stereocenters. The molecule has 1 aromatic carbocycles. The molecule has 26 heteroatoms. The average Bonchev–Trinajstić information content (AvgIpc) is 4.16. The predicted octanol–water partition coefficient (Wildman–Crippen LogP) is -4.43. The second-order valence-corrected chi connectivity index (χ2v) is 17.7. The van der Waals surface area contributed by atoms with Crippen LogP contribution >= 0.6 is 0 Å². The first-order valence-corrected chi connectivity index (χ1v) is 23.3. The van der Waals surface area contributed by atoms with E-state index in [0.29, 0.717) is 30.5 Å². The van der Waals surface area contributed by atoms with Crippen LogP contribution in [0.4, 0.5) is 0 Å². The summed E-state index contributed by atoms with van der Waals surface area (Å²) in [6, 6.07) is -5.39. The van der Waals surface area contributed by atoms with Gasteiger partial charge in [0.1, 0.15) is 54.1 Å². The van der Waals surface area contributed by atoms with Crippen LogP contribution in [-0.2, 0) is 65.6 Å². The van der Waals surface area contributed by atoms with Crippen LogP contribution in [0, 0.1) is 5.92 Å². The zero-order chi connectivity index (χ0) is 51.9. The summed E-state index contributed by atoms with van der Waals surface area (Å²) in [5, 5.41) is 49.6. The number of nitrogens with zero attached hydrogens (tertiary/aromatic N) is 3. The summed E-state index contributed by atoms with van der Waals surface area (Å²) < 4.78 is 0. The number of aliphatic hydroxyl groups excluding tert-OH is 1. The van der Waals surface area contributed by atoms with E-state index in [1.165, 1.54) is 48.6 Å². The molecule has 3 aliphatic rings. The number of amides is 10. The van der Waals surface area contributed by atoms with E-state index >= 15 is 0 Å². The van der Waals surface area contributed by atoms with Crippen LogP contribution in [0.3, 0.4) is 0 Å². The molecule has 0 radical (unpaired) electrons. The van der Waals surface area contributed by atoms with Gasteiger partial charge in [-0.05, 0) is 56.2 Å². The Kier molecular flexibility index (Phi) is 19.3. The third kappa shape index (κ3) is 14.9. The second kappa shape index (κ2) is 25.3. The lowest BCUT2D eigenvalue weighted by Crippen LogP contribution is -2.60. The van der Waals surface area contributed by atoms with Crippen molar-refractivity contribution in [2.45, 2.75) is 120 Å². The first kappa shape index (κ1) is 54.3. The maximum absolute atomic E-state index is 14.4. The van der Waals surface area contributed by atoms with Gasteiger partial charge >= 0.3 is 5.97 Å². The number of hydrogen-bond acceptors (Lipinski definition) is 14. The molecule has 9 atom stereocenters. The summed E-state index contributed by atoms with van der Waals surface area (Å²) in [6.45, 7) is 2.50. The first-order valence-electron chi connectivity index (χ1n) is 23.3. The fourth-order valence-electron chi connectivity index (χ4n) is 8.42. The topological polar surface area (TPSA) is 380 Å². The van der Waals surface area contributed by atoms with Crippen molar-refractivity contribution in [3.63, 3.8) is 0 Å². The van der Waals surface area contributed by atoms with Crippen LogP contribution in [0.2, 0.25) is 0 Å². The molecule has 2 aromatic rings. The molecule has 0 aliphatic carbocycles. The molecular formula is C45H62N12O14. The highest BCUT2D eigenvalue weighted by atomic mass is 16.4. The van der Waals surface area contributed by atoms with Crippen molar-refractivity contribution in [3.05, 3.63) is 48.0 Å². The number of carbonyl (C=O) groups excluding carboxylic acids is 10. The van der Waals surface area contributed by atoms with E-state index in [2.05, 4.69) is 52.5 Å². The Morgan fingerprint density at radius 2 is 1.24 bits per heavy atom. The summed E-state index contributed by atoms with van der Waals surface area (Å²) in [6.07, 6.45) is 2.56. The highest BCUT2D eigenvalue weighted by Gasteiger charge is 2.41. The number of aromatic hydroxyl groups is 1. The molecule has 3 saturated heterocycles. The smallest absolute Gasteiger partial charge is 0.305 e. The van der Waals surface area contributed by atoms with Gasteiger partial charge in [-0.25, -0.2) is 4.98 Å². The SMILES string of the molecule is CC[C@H](C)[C@@H]1NC(=O)CNC(=O)[C@@H]2CCCN2C(=O)[C@H](CO)NC(=O)[C@H](CC(=O)O)NC(=O)[C@H](Cc2cnc[nH]2)NC(=O)CNC(=O)[C@@H]2CCCN2C(=O)[C@H](Cc2ccc(O)cc2)NC(=O)[C@H](C)NC1=O. The number of rotatable bonds is 9. The van der Waals surface area contributed by atoms with Crippen molar-refractivity contribution in [2.75, 3.05) is 32.8 Å². The molecule has 5 rings (SSSR count). The van der Waals surface area contributed by atoms with Crippen LogP contribution in [0.1, 0.15) is 70.6 Å². The molecule has 386 valence electrons. The van der Waals surface area contributed by atoms with Gasteiger partial charge in [0, 0.05) is 37.8 Å². The Hall–Kier alpha value is -7.64. The molecule has 71 heavy (non-hydrogen) atoms. The van der Waals surface area contributed by atoms with Gasteiger partial charge in [-0.3, -0.25) is 52.7 Å². The second-order valence-electron chi connectivity index (χ2n) is 17.7. The minimum Gasteiger partial charge on any atom is -0.508 e. The fourth-order valence-corrected chi connectivity index (χ4v) is 8.42. The molecule has 3 fully saturated rings. The average molecular weight is 995 g/mol. The van der Waals surface area contributed by atoms with Crippen molar-refractivity contribution in [3.8, 4) is 5.75 Å². The molecule has 0 spiro atoms. The number of aromatic nitrogens is 2. The van der Waals surface area contributed by atoms with Crippen LogP contribution < -0.4 is 42.5 Å². The van der Waals surface area contributed by atoms with Crippen molar-refractivity contribution in [1.82, 2.24) is 62.3 Å². The molecular weight excluding hydrogens is 933 g/mol. The molecule has 1 aromatic heterocycles. The van der Waals surface area contributed by atoms with E-state index in [9.17, 15) is 68.1 Å². The summed E-state index contributed by atoms with van der Waals surface area (Å²) in [7, 11) is 0. The van der Waals surface area contributed by atoms with E-state index in [4.69, 9.17) is 0 Å². The van der Waals surface area contributed by atoms with Crippen molar-refractivity contribution < 1.29 is 68.1 Å². The number of benzene rings is 1. The standard InChI is InChI=1S/C45H62N12O14/c1-4-23(2)37-43(69)50-24(3)38(64)53-30(15-25-9-11-27(59)12-10-25)44(70)56-13-5-7-32(56)41(67)47-19-34(60)51-28(16-26-18-46-22-49-26)39(65)52-29(17-36(62)63)40(66)54-31(21-58)45(71)57-14-6-8-33(57)42(68)48-20-35(61)55-37/h9-12,18,22-24,28-33,37,58-59H,4-8,13-17,19-21H2,1-3H3,(H,46,49)(H,47,67)(H,48,68)(H,50,69)(H,51,60)(H,52,65)(H,53,64)(H,54,66)(H,55,61)(H,62,63)/t23-,24-,28-,29-,30-,31-,32-,33-,37-/m0/s1. The number of carboxylic acids is 1. The van der Waals surface area contributed by atoms with Crippen LogP contribution in [0.5, 0.6) is 5.75 Å². The van der Waals surface area contributed by atoms with Gasteiger partial charge in [-0.15, -0.1) is 0 Å². The quantitative estimate of drug-likeness (QED) is 0.113. The lowest BCUT2D eigenvalue weighted by atomic mass is 9.98. The number of phenolic OH excluding ortho intramolecular Hbond substituents is 1. The first-order chi connectivity index (χ1) is 33.8. The zero-order valence-corrected chi connectivity index (χ0v) is 39.5. The van der Waals surface area contributed by atoms with Gasteiger partial charge in [-0.2, -0.15) is 0 Å². The summed E-state index contributed by atoms with van der Waals surface area (Å²) >= 11 is 0. The Labute approximate surface area is 407 Å². The number of hydrogen-bond donors (Lipinski definition) is 12. The number of aromatic amines is 1. The van der Waals surface area contributed by atoms with Crippen LogP contribution in [0.25, 0.3) is 0 Å². The number of H-pyrrole nitrogens is 1. The molecule has 26 nitrogen and oxygen atoms in total. The maximum Gasteiger partial charge on any atom is 0.305 e. The molecule has 0 saturated carbocycles. The third-order valence-corrected chi connectivity index (χ3v) is 12.5.